The molecule has 0 heterocycles. The van der Waals surface area contributed by atoms with Crippen LogP contribution in [0.1, 0.15) is 0 Å². The van der Waals surface area contributed by atoms with E-state index in [1.807, 2.05) is 0 Å². The largest absolute Gasteiger partial charge is 0.395 e. The van der Waals surface area contributed by atoms with Crippen molar-refractivity contribution >= 4 is 0 Å². The van der Waals surface area contributed by atoms with Gasteiger partial charge in [-0.2, -0.15) is 0 Å². The Hall–Kier alpha value is -0.160. The molecule has 0 radical (unpaired) electrons. The molecule has 4 heteroatoms. The van der Waals surface area contributed by atoms with Gasteiger partial charge in [0.15, 0.2) is 0 Å². The molecule has 0 fully saturated rings. The summed E-state index contributed by atoms with van der Waals surface area (Å²) in [5.41, 5.74) is 0. The molecule has 0 bridgehead atoms. The van der Waals surface area contributed by atoms with E-state index in [9.17, 15) is 0 Å². The standard InChI is InChI=1S/C6H16N2O2/c1-7-5(3-9)6(4-10)8-2/h5-10H,3-4H2,1-2H3. The van der Waals surface area contributed by atoms with E-state index < -0.39 is 0 Å². The quantitative estimate of drug-likeness (QED) is 0.369. The SMILES string of the molecule is CNC(CO)C(CO)NC. The number of hydrogen-bond donors (Lipinski definition) is 4. The minimum absolute atomic E-state index is 0.0303. The maximum atomic E-state index is 8.75. The summed E-state index contributed by atoms with van der Waals surface area (Å²) in [5, 5.41) is 23.3. The summed E-state index contributed by atoms with van der Waals surface area (Å²) in [7, 11) is 3.50. The normalized spacial score (nSPS) is 16.8. The monoisotopic (exact) mass is 148 g/mol. The molecule has 0 amide bonds. The smallest absolute Gasteiger partial charge is 0.0600 e. The van der Waals surface area contributed by atoms with Gasteiger partial charge >= 0.3 is 0 Å². The second-order valence-corrected chi connectivity index (χ2v) is 2.16. The van der Waals surface area contributed by atoms with E-state index in [1.165, 1.54) is 0 Å². The van der Waals surface area contributed by atoms with Crippen LogP contribution in [0.3, 0.4) is 0 Å². The Balaban J connectivity index is 3.70. The summed E-state index contributed by atoms with van der Waals surface area (Å²) in [6.45, 7) is 0.0606. The lowest BCUT2D eigenvalue weighted by atomic mass is 10.1. The molecule has 2 unspecified atom stereocenters. The molecule has 0 aliphatic rings. The molecule has 0 aromatic heterocycles. The zero-order valence-electron chi connectivity index (χ0n) is 6.46. The Kier molecular flexibility index (Phi) is 5.52. The van der Waals surface area contributed by atoms with Crippen molar-refractivity contribution in [2.24, 2.45) is 0 Å². The van der Waals surface area contributed by atoms with E-state index in [0.717, 1.165) is 0 Å². The molecule has 4 N–H and O–H groups in total. The first-order chi connectivity index (χ1) is 4.79. The number of aliphatic hydroxyl groups is 2. The van der Waals surface area contributed by atoms with Crippen LogP contribution < -0.4 is 10.6 Å². The third kappa shape index (κ3) is 2.62. The summed E-state index contributed by atoms with van der Waals surface area (Å²) in [6.07, 6.45) is 0. The lowest BCUT2D eigenvalue weighted by molar-refractivity contribution is 0.169. The maximum absolute atomic E-state index is 8.75. The Labute approximate surface area is 61.3 Å². The maximum Gasteiger partial charge on any atom is 0.0600 e. The number of likely N-dealkylation sites (N-methyl/N-ethyl adjacent to an activating group) is 2. The van der Waals surface area contributed by atoms with Gasteiger partial charge in [0.2, 0.25) is 0 Å². The van der Waals surface area contributed by atoms with E-state index in [-0.39, 0.29) is 25.3 Å². The highest BCUT2D eigenvalue weighted by Gasteiger charge is 2.15. The van der Waals surface area contributed by atoms with E-state index >= 15 is 0 Å². The van der Waals surface area contributed by atoms with Gasteiger partial charge in [-0.1, -0.05) is 0 Å². The van der Waals surface area contributed by atoms with Gasteiger partial charge in [0.25, 0.3) is 0 Å². The predicted molar refractivity (Wildman–Crippen MR) is 39.9 cm³/mol. The van der Waals surface area contributed by atoms with Gasteiger partial charge in [0.1, 0.15) is 0 Å². The molecule has 0 saturated heterocycles. The Bertz CT molecular complexity index is 62.1. The minimum Gasteiger partial charge on any atom is -0.395 e. The molecule has 4 nitrogen and oxygen atoms in total. The van der Waals surface area contributed by atoms with Crippen LogP contribution in [0.25, 0.3) is 0 Å². The summed E-state index contributed by atoms with van der Waals surface area (Å²) in [6, 6.07) is -0.148. The van der Waals surface area contributed by atoms with Crippen molar-refractivity contribution < 1.29 is 10.2 Å². The van der Waals surface area contributed by atoms with Gasteiger partial charge in [0.05, 0.1) is 13.2 Å². The van der Waals surface area contributed by atoms with E-state index in [1.54, 1.807) is 14.1 Å². The minimum atomic E-state index is -0.0741. The highest BCUT2D eigenvalue weighted by molar-refractivity contribution is 4.78. The average molecular weight is 148 g/mol. The van der Waals surface area contributed by atoms with Gasteiger partial charge in [0, 0.05) is 12.1 Å². The van der Waals surface area contributed by atoms with Crippen molar-refractivity contribution in [2.75, 3.05) is 27.3 Å². The van der Waals surface area contributed by atoms with Crippen molar-refractivity contribution in [1.29, 1.82) is 0 Å². The van der Waals surface area contributed by atoms with Crippen molar-refractivity contribution in [1.82, 2.24) is 10.6 Å². The van der Waals surface area contributed by atoms with Crippen LogP contribution in [0.2, 0.25) is 0 Å². The lowest BCUT2D eigenvalue weighted by Gasteiger charge is -2.22. The highest BCUT2D eigenvalue weighted by atomic mass is 16.3. The highest BCUT2D eigenvalue weighted by Crippen LogP contribution is 1.89. The molecule has 10 heavy (non-hydrogen) atoms. The van der Waals surface area contributed by atoms with Crippen LogP contribution in [0.15, 0.2) is 0 Å². The van der Waals surface area contributed by atoms with Crippen LogP contribution in [-0.2, 0) is 0 Å². The molecule has 0 rings (SSSR count). The number of rotatable bonds is 5. The molecule has 0 spiro atoms. The van der Waals surface area contributed by atoms with Crippen LogP contribution in [0.5, 0.6) is 0 Å². The van der Waals surface area contributed by atoms with Crippen LogP contribution in [0.4, 0.5) is 0 Å². The number of nitrogens with one attached hydrogen (secondary N) is 2. The second-order valence-electron chi connectivity index (χ2n) is 2.16. The van der Waals surface area contributed by atoms with E-state index in [4.69, 9.17) is 10.2 Å². The summed E-state index contributed by atoms with van der Waals surface area (Å²) < 4.78 is 0. The first kappa shape index (κ1) is 9.84. The molecule has 0 aromatic rings. The summed E-state index contributed by atoms with van der Waals surface area (Å²) >= 11 is 0. The molecule has 0 saturated carbocycles. The molecule has 0 aliphatic carbocycles. The van der Waals surface area contributed by atoms with Crippen LogP contribution in [-0.4, -0.2) is 49.6 Å². The zero-order chi connectivity index (χ0) is 7.98. The fourth-order valence-electron chi connectivity index (χ4n) is 0.839. The average Bonchev–Trinajstić information content (AvgIpc) is 2.00. The Morgan fingerprint density at radius 2 is 1.30 bits per heavy atom. The second kappa shape index (κ2) is 5.61. The van der Waals surface area contributed by atoms with Crippen molar-refractivity contribution in [3.05, 3.63) is 0 Å². The fraction of sp³-hybridized carbons (Fsp3) is 1.00. The Morgan fingerprint density at radius 1 is 1.00 bits per heavy atom. The summed E-state index contributed by atoms with van der Waals surface area (Å²) in [4.78, 5) is 0. The molecule has 0 aliphatic heterocycles. The zero-order valence-corrected chi connectivity index (χ0v) is 6.46. The fourth-order valence-corrected chi connectivity index (χ4v) is 0.839. The first-order valence-electron chi connectivity index (χ1n) is 3.36. The van der Waals surface area contributed by atoms with Gasteiger partial charge in [-0.3, -0.25) is 0 Å². The predicted octanol–water partition coefficient (Wildman–Crippen LogP) is -1.85. The lowest BCUT2D eigenvalue weighted by Crippen LogP contribution is -2.49. The van der Waals surface area contributed by atoms with Gasteiger partial charge in [-0.15, -0.1) is 0 Å². The topological polar surface area (TPSA) is 64.5 Å². The molecular formula is C6H16N2O2. The summed E-state index contributed by atoms with van der Waals surface area (Å²) in [5.74, 6) is 0. The van der Waals surface area contributed by atoms with Gasteiger partial charge < -0.3 is 20.8 Å². The van der Waals surface area contributed by atoms with E-state index in [2.05, 4.69) is 10.6 Å². The third-order valence-electron chi connectivity index (χ3n) is 1.62. The van der Waals surface area contributed by atoms with Crippen molar-refractivity contribution in [2.45, 2.75) is 12.1 Å². The van der Waals surface area contributed by atoms with Crippen LogP contribution in [0, 0.1) is 0 Å². The van der Waals surface area contributed by atoms with Gasteiger partial charge in [-0.05, 0) is 14.1 Å². The number of hydrogen-bond acceptors (Lipinski definition) is 4. The molecule has 2 atom stereocenters. The third-order valence-corrected chi connectivity index (χ3v) is 1.62. The first-order valence-corrected chi connectivity index (χ1v) is 3.36. The van der Waals surface area contributed by atoms with Crippen molar-refractivity contribution in [3.8, 4) is 0 Å². The molecule has 62 valence electrons. The number of aliphatic hydroxyl groups excluding tert-OH is 2. The molecular weight excluding hydrogens is 132 g/mol. The molecule has 0 aromatic carbocycles. The van der Waals surface area contributed by atoms with Crippen LogP contribution >= 0.6 is 0 Å². The Morgan fingerprint density at radius 3 is 1.40 bits per heavy atom. The van der Waals surface area contributed by atoms with E-state index in [0.29, 0.717) is 0 Å². The van der Waals surface area contributed by atoms with Crippen molar-refractivity contribution in [3.63, 3.8) is 0 Å². The van der Waals surface area contributed by atoms with Gasteiger partial charge in [-0.25, -0.2) is 0 Å².